The van der Waals surface area contributed by atoms with Gasteiger partial charge in [0.1, 0.15) is 5.82 Å². The van der Waals surface area contributed by atoms with Crippen molar-refractivity contribution in [2.75, 3.05) is 13.1 Å². The number of nitrogens with zero attached hydrogens (tertiary/aromatic N) is 1. The van der Waals surface area contributed by atoms with Crippen molar-refractivity contribution in [1.82, 2.24) is 10.2 Å². The fourth-order valence-electron chi connectivity index (χ4n) is 2.55. The van der Waals surface area contributed by atoms with Crippen LogP contribution in [0.25, 0.3) is 0 Å². The summed E-state index contributed by atoms with van der Waals surface area (Å²) in [4.78, 5) is 14.0. The smallest absolute Gasteiger partial charge is 0.224 e. The maximum atomic E-state index is 13.8. The van der Waals surface area contributed by atoms with Gasteiger partial charge in [-0.05, 0) is 37.6 Å². The Labute approximate surface area is 145 Å². The number of carbonyl (C=O) groups excluding carboxylic acids is 1. The number of benzene rings is 1. The summed E-state index contributed by atoms with van der Waals surface area (Å²) in [7, 11) is 0. The van der Waals surface area contributed by atoms with Crippen LogP contribution < -0.4 is 5.32 Å². The van der Waals surface area contributed by atoms with Crippen LogP contribution >= 0.6 is 28.3 Å². The largest absolute Gasteiger partial charge is 0.335 e. The zero-order chi connectivity index (χ0) is 15.2. The predicted molar refractivity (Wildman–Crippen MR) is 92.6 cm³/mol. The average Bonchev–Trinajstić information content (AvgIpc) is 2.95. The van der Waals surface area contributed by atoms with E-state index in [1.807, 2.05) is 0 Å². The average molecular weight is 392 g/mol. The van der Waals surface area contributed by atoms with Gasteiger partial charge in [0, 0.05) is 35.6 Å². The molecule has 1 fully saturated rings. The second-order valence-electron chi connectivity index (χ2n) is 5.30. The standard InChI is InChI=1S/C16H20BrFN2O.ClH/c1-2-8-20(16(21)10-14-4-3-7-19-14)11-12-9-13(17)5-6-15(12)18;/h2,5-6,9,14,19H,1,3-4,7-8,10-11H2;1H. The molecule has 3 nitrogen and oxygen atoms in total. The van der Waals surface area contributed by atoms with Crippen LogP contribution in [0.3, 0.4) is 0 Å². The van der Waals surface area contributed by atoms with E-state index < -0.39 is 0 Å². The van der Waals surface area contributed by atoms with Crippen LogP contribution in [0.1, 0.15) is 24.8 Å². The van der Waals surface area contributed by atoms with Crippen molar-refractivity contribution < 1.29 is 9.18 Å². The van der Waals surface area contributed by atoms with E-state index in [4.69, 9.17) is 0 Å². The Balaban J connectivity index is 0.00000242. The molecule has 1 unspecified atom stereocenters. The lowest BCUT2D eigenvalue weighted by Gasteiger charge is -2.23. The number of nitrogens with one attached hydrogen (secondary N) is 1. The molecular formula is C16H21BrClFN2O. The van der Waals surface area contributed by atoms with Crippen molar-refractivity contribution in [2.24, 2.45) is 0 Å². The van der Waals surface area contributed by atoms with Gasteiger partial charge in [0.15, 0.2) is 0 Å². The molecule has 0 aromatic heterocycles. The molecule has 0 saturated carbocycles. The van der Waals surface area contributed by atoms with Gasteiger partial charge in [-0.2, -0.15) is 0 Å². The molecule has 2 rings (SSSR count). The number of amides is 1. The fraction of sp³-hybridized carbons (Fsp3) is 0.438. The molecule has 1 aromatic rings. The number of rotatable bonds is 6. The Bertz CT molecular complexity index is 521. The molecule has 0 aliphatic carbocycles. The summed E-state index contributed by atoms with van der Waals surface area (Å²) in [6.07, 6.45) is 4.28. The summed E-state index contributed by atoms with van der Waals surface area (Å²) in [5.41, 5.74) is 0.513. The Kier molecular flexibility index (Phi) is 8.07. The molecule has 6 heteroatoms. The Morgan fingerprint density at radius 3 is 2.95 bits per heavy atom. The van der Waals surface area contributed by atoms with Crippen LogP contribution in [-0.4, -0.2) is 29.9 Å². The Hall–Kier alpha value is -0.910. The van der Waals surface area contributed by atoms with Crippen LogP contribution in [0.4, 0.5) is 4.39 Å². The van der Waals surface area contributed by atoms with E-state index in [1.165, 1.54) is 6.07 Å². The number of carbonyl (C=O) groups is 1. The molecule has 1 N–H and O–H groups in total. The third-order valence-electron chi connectivity index (χ3n) is 3.65. The summed E-state index contributed by atoms with van der Waals surface area (Å²) < 4.78 is 14.6. The predicted octanol–water partition coefficient (Wildman–Crippen LogP) is 3.67. The number of halogens is 3. The van der Waals surface area contributed by atoms with Gasteiger partial charge in [-0.15, -0.1) is 19.0 Å². The maximum Gasteiger partial charge on any atom is 0.224 e. The maximum absolute atomic E-state index is 13.8. The number of hydrogen-bond acceptors (Lipinski definition) is 2. The summed E-state index contributed by atoms with van der Waals surface area (Å²) in [5, 5.41) is 3.31. The quantitative estimate of drug-likeness (QED) is 0.751. The number of hydrogen-bond donors (Lipinski definition) is 1. The first-order chi connectivity index (χ1) is 10.1. The lowest BCUT2D eigenvalue weighted by Crippen LogP contribution is -2.35. The van der Waals surface area contributed by atoms with Crippen molar-refractivity contribution in [3.63, 3.8) is 0 Å². The highest BCUT2D eigenvalue weighted by molar-refractivity contribution is 9.10. The fourth-order valence-corrected chi connectivity index (χ4v) is 2.96. The normalized spacial score (nSPS) is 16.9. The summed E-state index contributed by atoms with van der Waals surface area (Å²) in [5.74, 6) is -0.257. The molecule has 1 aromatic carbocycles. The van der Waals surface area contributed by atoms with Crippen molar-refractivity contribution in [3.05, 3.63) is 46.7 Å². The third-order valence-corrected chi connectivity index (χ3v) is 4.15. The molecule has 1 atom stereocenters. The first kappa shape index (κ1) is 19.1. The van der Waals surface area contributed by atoms with E-state index >= 15 is 0 Å². The molecule has 122 valence electrons. The molecule has 1 saturated heterocycles. The zero-order valence-corrected chi connectivity index (χ0v) is 14.8. The monoisotopic (exact) mass is 390 g/mol. The van der Waals surface area contributed by atoms with Crippen LogP contribution in [-0.2, 0) is 11.3 Å². The van der Waals surface area contributed by atoms with Crippen molar-refractivity contribution in [2.45, 2.75) is 31.8 Å². The van der Waals surface area contributed by atoms with Gasteiger partial charge in [-0.1, -0.05) is 22.0 Å². The highest BCUT2D eigenvalue weighted by Gasteiger charge is 2.22. The second kappa shape index (κ2) is 9.28. The van der Waals surface area contributed by atoms with Crippen molar-refractivity contribution >= 4 is 34.2 Å². The van der Waals surface area contributed by atoms with Crippen LogP contribution in [0.2, 0.25) is 0 Å². The zero-order valence-electron chi connectivity index (χ0n) is 12.4. The molecule has 0 bridgehead atoms. The highest BCUT2D eigenvalue weighted by Crippen LogP contribution is 2.18. The van der Waals surface area contributed by atoms with Gasteiger partial charge in [0.2, 0.25) is 5.91 Å². The molecule has 22 heavy (non-hydrogen) atoms. The third kappa shape index (κ3) is 5.38. The molecule has 0 spiro atoms. The van der Waals surface area contributed by atoms with Gasteiger partial charge >= 0.3 is 0 Å². The SMILES string of the molecule is C=CCN(Cc1cc(Br)ccc1F)C(=O)CC1CCCN1.Cl. The van der Waals surface area contributed by atoms with Gasteiger partial charge in [-0.3, -0.25) is 4.79 Å². The minimum Gasteiger partial charge on any atom is -0.335 e. The van der Waals surface area contributed by atoms with E-state index in [9.17, 15) is 9.18 Å². The molecule has 1 aliphatic rings. The van der Waals surface area contributed by atoms with E-state index in [2.05, 4.69) is 27.8 Å². The van der Waals surface area contributed by atoms with Gasteiger partial charge in [0.05, 0.1) is 0 Å². The minimum absolute atomic E-state index is 0. The summed E-state index contributed by atoms with van der Waals surface area (Å²) in [6.45, 7) is 5.35. The van der Waals surface area contributed by atoms with Crippen LogP contribution in [0, 0.1) is 5.82 Å². The lowest BCUT2D eigenvalue weighted by atomic mass is 10.1. The molecule has 1 heterocycles. The summed E-state index contributed by atoms with van der Waals surface area (Å²) in [6, 6.07) is 5.03. The van der Waals surface area contributed by atoms with Crippen molar-refractivity contribution in [3.8, 4) is 0 Å². The minimum atomic E-state index is -0.293. The molecule has 1 aliphatic heterocycles. The van der Waals surface area contributed by atoms with Gasteiger partial charge < -0.3 is 10.2 Å². The van der Waals surface area contributed by atoms with Crippen LogP contribution in [0.5, 0.6) is 0 Å². The highest BCUT2D eigenvalue weighted by atomic mass is 79.9. The molecule has 1 amide bonds. The summed E-state index contributed by atoms with van der Waals surface area (Å²) >= 11 is 3.33. The van der Waals surface area contributed by atoms with E-state index in [1.54, 1.807) is 23.1 Å². The first-order valence-corrected chi connectivity index (χ1v) is 7.95. The van der Waals surface area contributed by atoms with Crippen molar-refractivity contribution in [1.29, 1.82) is 0 Å². The Morgan fingerprint density at radius 1 is 1.55 bits per heavy atom. The lowest BCUT2D eigenvalue weighted by molar-refractivity contribution is -0.131. The van der Waals surface area contributed by atoms with Crippen LogP contribution in [0.15, 0.2) is 35.3 Å². The topological polar surface area (TPSA) is 32.3 Å². The molecular weight excluding hydrogens is 371 g/mol. The first-order valence-electron chi connectivity index (χ1n) is 7.16. The molecule has 0 radical (unpaired) electrons. The van der Waals surface area contributed by atoms with Gasteiger partial charge in [-0.25, -0.2) is 4.39 Å². The van der Waals surface area contributed by atoms with E-state index in [0.29, 0.717) is 18.5 Å². The Morgan fingerprint density at radius 2 is 2.32 bits per heavy atom. The van der Waals surface area contributed by atoms with E-state index in [0.717, 1.165) is 23.9 Å². The van der Waals surface area contributed by atoms with Gasteiger partial charge in [0.25, 0.3) is 0 Å². The second-order valence-corrected chi connectivity index (χ2v) is 6.21. The van der Waals surface area contributed by atoms with E-state index in [-0.39, 0.29) is 36.7 Å².